The number of rotatable bonds is 3. The average Bonchev–Trinajstić information content (AvgIpc) is 3.31. The molecule has 1 amide bonds. The number of nitrogens with zero attached hydrogens (tertiary/aromatic N) is 2. The van der Waals surface area contributed by atoms with Gasteiger partial charge >= 0.3 is 0 Å². The molecule has 2 heterocycles. The molecule has 0 radical (unpaired) electrons. The molecule has 3 aliphatic rings. The van der Waals surface area contributed by atoms with Crippen LogP contribution >= 0.6 is 11.8 Å². The first kappa shape index (κ1) is 17.1. The van der Waals surface area contributed by atoms with Crippen molar-refractivity contribution in [3.05, 3.63) is 52.8 Å². The molecular weight excluding hydrogens is 354 g/mol. The fraction of sp³-hybridized carbons (Fsp3) is 0.455. The Morgan fingerprint density at radius 1 is 1.19 bits per heavy atom. The highest BCUT2D eigenvalue weighted by molar-refractivity contribution is 7.99. The predicted molar refractivity (Wildman–Crippen MR) is 111 cm³/mol. The Labute approximate surface area is 164 Å². The fourth-order valence-corrected chi connectivity index (χ4v) is 5.87. The van der Waals surface area contributed by atoms with E-state index in [9.17, 15) is 4.79 Å². The van der Waals surface area contributed by atoms with Crippen molar-refractivity contribution in [2.45, 2.75) is 38.0 Å². The van der Waals surface area contributed by atoms with Gasteiger partial charge in [-0.15, -0.1) is 0 Å². The molecule has 27 heavy (non-hydrogen) atoms. The van der Waals surface area contributed by atoms with Crippen molar-refractivity contribution in [2.24, 2.45) is 0 Å². The minimum Gasteiger partial charge on any atom is -0.354 e. The normalized spacial score (nSPS) is 23.4. The third-order valence-electron chi connectivity index (χ3n) is 6.21. The predicted octanol–water partition coefficient (Wildman–Crippen LogP) is 4.69. The van der Waals surface area contributed by atoms with Gasteiger partial charge in [0.1, 0.15) is 5.69 Å². The van der Waals surface area contributed by atoms with E-state index >= 15 is 0 Å². The monoisotopic (exact) mass is 379 g/mol. The summed E-state index contributed by atoms with van der Waals surface area (Å²) >= 11 is 1.93. The summed E-state index contributed by atoms with van der Waals surface area (Å²) in [5, 5.41) is 3.58. The fourth-order valence-electron chi connectivity index (χ4n) is 4.96. The summed E-state index contributed by atoms with van der Waals surface area (Å²) in [6.07, 6.45) is 5.51. The number of fused-ring (bicyclic) bond motifs is 5. The first-order valence-electron chi connectivity index (χ1n) is 9.94. The summed E-state index contributed by atoms with van der Waals surface area (Å²) in [6.45, 7) is 3.79. The van der Waals surface area contributed by atoms with Gasteiger partial charge in [-0.05, 0) is 66.8 Å². The minimum atomic E-state index is 0.140. The van der Waals surface area contributed by atoms with Crippen molar-refractivity contribution < 1.29 is 4.79 Å². The van der Waals surface area contributed by atoms with Crippen molar-refractivity contribution in [2.75, 3.05) is 29.9 Å². The first-order valence-corrected chi connectivity index (χ1v) is 11.1. The lowest BCUT2D eigenvalue weighted by Crippen LogP contribution is -2.39. The smallest absolute Gasteiger partial charge is 0.272 e. The van der Waals surface area contributed by atoms with Crippen LogP contribution in [0, 0.1) is 6.92 Å². The summed E-state index contributed by atoms with van der Waals surface area (Å²) in [7, 11) is 0. The van der Waals surface area contributed by atoms with Crippen LogP contribution in [0.15, 0.2) is 30.5 Å². The van der Waals surface area contributed by atoms with Gasteiger partial charge in [-0.1, -0.05) is 12.1 Å². The van der Waals surface area contributed by atoms with E-state index in [0.29, 0.717) is 11.8 Å². The van der Waals surface area contributed by atoms with Gasteiger partial charge < -0.3 is 10.2 Å². The van der Waals surface area contributed by atoms with Gasteiger partial charge in [0, 0.05) is 30.3 Å². The van der Waals surface area contributed by atoms with E-state index in [2.05, 4.69) is 36.5 Å². The third-order valence-corrected chi connectivity index (χ3v) is 7.15. The van der Waals surface area contributed by atoms with Crippen LogP contribution in [-0.4, -0.2) is 40.4 Å². The molecule has 5 rings (SSSR count). The van der Waals surface area contributed by atoms with E-state index in [1.807, 2.05) is 22.9 Å². The Kier molecular flexibility index (Phi) is 4.35. The van der Waals surface area contributed by atoms with Gasteiger partial charge in [0.05, 0.1) is 11.9 Å². The lowest BCUT2D eigenvalue weighted by molar-refractivity contribution is 0.0764. The number of aromatic nitrogens is 1. The number of aryl methyl sites for hydroxylation is 1. The quantitative estimate of drug-likeness (QED) is 0.840. The van der Waals surface area contributed by atoms with E-state index in [0.717, 1.165) is 41.7 Å². The molecule has 1 saturated heterocycles. The zero-order valence-electron chi connectivity index (χ0n) is 15.7. The molecule has 1 aromatic heterocycles. The lowest BCUT2D eigenvalue weighted by Gasteiger charge is -2.28. The molecule has 2 aliphatic carbocycles. The van der Waals surface area contributed by atoms with E-state index in [-0.39, 0.29) is 5.91 Å². The standard InChI is InChI=1S/C22H25N3OS/c1-14-3-2-4-17(11-14)24-18-13-23-21(22(26)25-7-9-27-10-8-25)20-16-6-5-15(12-16)19(18)20/h2-4,11,13,15-16,24H,5-10,12H2,1H3. The Morgan fingerprint density at radius 3 is 2.74 bits per heavy atom. The van der Waals surface area contributed by atoms with Gasteiger partial charge in [-0.3, -0.25) is 4.79 Å². The Hall–Kier alpha value is -2.01. The highest BCUT2D eigenvalue weighted by Crippen LogP contribution is 2.56. The van der Waals surface area contributed by atoms with Gasteiger partial charge in [0.2, 0.25) is 0 Å². The highest BCUT2D eigenvalue weighted by atomic mass is 32.2. The number of carbonyl (C=O) groups is 1. The largest absolute Gasteiger partial charge is 0.354 e. The van der Waals surface area contributed by atoms with Gasteiger partial charge in [0.25, 0.3) is 5.91 Å². The second kappa shape index (κ2) is 6.86. The molecule has 1 aliphatic heterocycles. The molecular formula is C22H25N3OS. The summed E-state index contributed by atoms with van der Waals surface area (Å²) in [6, 6.07) is 8.43. The summed E-state index contributed by atoms with van der Waals surface area (Å²) in [5.74, 6) is 3.29. The number of pyridine rings is 1. The number of benzene rings is 1. The Balaban J connectivity index is 1.53. The zero-order valence-corrected chi connectivity index (χ0v) is 16.5. The van der Waals surface area contributed by atoms with Crippen molar-refractivity contribution >= 4 is 29.0 Å². The van der Waals surface area contributed by atoms with Crippen molar-refractivity contribution in [3.63, 3.8) is 0 Å². The molecule has 1 N–H and O–H groups in total. The maximum Gasteiger partial charge on any atom is 0.272 e. The van der Waals surface area contributed by atoms with Crippen molar-refractivity contribution in [3.8, 4) is 0 Å². The summed E-state index contributed by atoms with van der Waals surface area (Å²) in [4.78, 5) is 19.9. The number of hydrogen-bond acceptors (Lipinski definition) is 4. The van der Waals surface area contributed by atoms with E-state index in [4.69, 9.17) is 4.98 Å². The maximum absolute atomic E-state index is 13.2. The molecule has 1 saturated carbocycles. The molecule has 1 aromatic carbocycles. The molecule has 2 aromatic rings. The number of hydrogen-bond donors (Lipinski definition) is 1. The molecule has 2 unspecified atom stereocenters. The van der Waals surface area contributed by atoms with Gasteiger partial charge in [-0.2, -0.15) is 11.8 Å². The second-order valence-corrected chi connectivity index (χ2v) is 9.18. The Morgan fingerprint density at radius 2 is 1.96 bits per heavy atom. The van der Waals surface area contributed by atoms with Crippen LogP contribution in [0.4, 0.5) is 11.4 Å². The maximum atomic E-state index is 13.2. The minimum absolute atomic E-state index is 0.140. The number of anilines is 2. The SMILES string of the molecule is Cc1cccc(Nc2cnc(C(=O)N3CCSCC3)c3c2C2CCC3C2)c1. The van der Waals surface area contributed by atoms with E-state index in [1.165, 1.54) is 36.0 Å². The van der Waals surface area contributed by atoms with Crippen LogP contribution in [0.25, 0.3) is 0 Å². The van der Waals surface area contributed by atoms with Crippen LogP contribution in [0.2, 0.25) is 0 Å². The van der Waals surface area contributed by atoms with Gasteiger partial charge in [-0.25, -0.2) is 4.98 Å². The highest BCUT2D eigenvalue weighted by Gasteiger charge is 2.42. The molecule has 140 valence electrons. The molecule has 4 nitrogen and oxygen atoms in total. The van der Waals surface area contributed by atoms with Crippen LogP contribution in [0.5, 0.6) is 0 Å². The topological polar surface area (TPSA) is 45.2 Å². The second-order valence-electron chi connectivity index (χ2n) is 7.95. The first-order chi connectivity index (χ1) is 13.2. The average molecular weight is 380 g/mol. The van der Waals surface area contributed by atoms with Crippen LogP contribution in [0.1, 0.15) is 58.3 Å². The molecule has 2 atom stereocenters. The van der Waals surface area contributed by atoms with Crippen LogP contribution < -0.4 is 5.32 Å². The molecule has 5 heteroatoms. The third kappa shape index (κ3) is 3.02. The number of thioether (sulfide) groups is 1. The van der Waals surface area contributed by atoms with Crippen LogP contribution in [-0.2, 0) is 0 Å². The Bertz CT molecular complexity index is 891. The molecule has 2 bridgehead atoms. The zero-order chi connectivity index (χ0) is 18.4. The number of amides is 1. The number of carbonyl (C=O) groups excluding carboxylic acids is 1. The lowest BCUT2D eigenvalue weighted by atomic mass is 9.89. The van der Waals surface area contributed by atoms with Crippen molar-refractivity contribution in [1.29, 1.82) is 0 Å². The van der Waals surface area contributed by atoms with Gasteiger partial charge in [0.15, 0.2) is 0 Å². The van der Waals surface area contributed by atoms with Crippen LogP contribution in [0.3, 0.4) is 0 Å². The van der Waals surface area contributed by atoms with Crippen molar-refractivity contribution in [1.82, 2.24) is 9.88 Å². The van der Waals surface area contributed by atoms with E-state index in [1.54, 1.807) is 0 Å². The molecule has 2 fully saturated rings. The summed E-state index contributed by atoms with van der Waals surface area (Å²) < 4.78 is 0. The number of nitrogens with one attached hydrogen (secondary N) is 1. The molecule has 0 spiro atoms. The summed E-state index contributed by atoms with van der Waals surface area (Å²) in [5.41, 5.74) is 6.74. The van der Waals surface area contributed by atoms with E-state index < -0.39 is 0 Å².